The van der Waals surface area contributed by atoms with Crippen LogP contribution < -0.4 is 5.90 Å². The predicted molar refractivity (Wildman–Crippen MR) is 9.19 cm³/mol. The molecule has 0 atom stereocenters. The first-order valence-electron chi connectivity index (χ1n) is 0.739. The maximum absolute atomic E-state index is 10.2. The summed E-state index contributed by atoms with van der Waals surface area (Å²) in [6.45, 7) is -1.12. The highest BCUT2D eigenvalue weighted by atomic mass is 19.1. The Morgan fingerprint density at radius 2 is 2.25 bits per heavy atom. The number of rotatable bonds is 1. The highest BCUT2D eigenvalue weighted by molar-refractivity contribution is 3.66. The van der Waals surface area contributed by atoms with E-state index in [0.29, 0.717) is 0 Å². The Labute approximate surface area is 23.3 Å². The fraction of sp³-hybridized carbons (Fsp3) is 1.00. The summed E-state index contributed by atoms with van der Waals surface area (Å²) in [6.07, 6.45) is 0. The zero-order valence-electron chi connectivity index (χ0n) is 1.94. The molecule has 0 rings (SSSR count). The average Bonchev–Trinajstić information content (AvgIpc) is 1.37. The van der Waals surface area contributed by atoms with Gasteiger partial charge in [0, 0.05) is 5.90 Å². The minimum absolute atomic E-state index is 1.12. The van der Waals surface area contributed by atoms with Crippen molar-refractivity contribution in [3.05, 3.63) is 0 Å². The van der Waals surface area contributed by atoms with Crippen molar-refractivity contribution in [1.29, 1.82) is 0 Å². The van der Waals surface area contributed by atoms with Gasteiger partial charge in [0.2, 0.25) is 6.86 Å². The molecule has 0 N–H and O–H groups in total. The molecule has 2 radical (unpaired) electrons. The van der Waals surface area contributed by atoms with E-state index in [1.165, 1.54) is 0 Å². The molecule has 0 bridgehead atoms. The summed E-state index contributed by atoms with van der Waals surface area (Å²) < 4.78 is 10.2. The second kappa shape index (κ2) is 2.85. The van der Waals surface area contributed by atoms with Crippen molar-refractivity contribution in [2.45, 2.75) is 0 Å². The van der Waals surface area contributed by atoms with Crippen LogP contribution in [0.2, 0.25) is 0 Å². The standard InChI is InChI=1S/CH2FNO/c2-1-4-3/h1H2. The van der Waals surface area contributed by atoms with Crippen molar-refractivity contribution in [2.75, 3.05) is 6.86 Å². The fourth-order valence-corrected chi connectivity index (χ4v) is 0. The van der Waals surface area contributed by atoms with Crippen LogP contribution in [0.5, 0.6) is 0 Å². The summed E-state index contributed by atoms with van der Waals surface area (Å²) in [4.78, 5) is 2.88. The van der Waals surface area contributed by atoms with Crippen LogP contribution in [-0.2, 0) is 4.84 Å². The van der Waals surface area contributed by atoms with E-state index in [1.807, 2.05) is 0 Å². The molecule has 0 aliphatic heterocycles. The lowest BCUT2D eigenvalue weighted by Gasteiger charge is -1.66. The Morgan fingerprint density at radius 1 is 2.00 bits per heavy atom. The third kappa shape index (κ3) is 1.85. The van der Waals surface area contributed by atoms with Crippen LogP contribution >= 0.6 is 0 Å². The molecule has 0 saturated carbocycles. The lowest BCUT2D eigenvalue weighted by molar-refractivity contribution is 0.0431. The molecule has 24 valence electrons. The topological polar surface area (TPSA) is 31.5 Å². The van der Waals surface area contributed by atoms with E-state index in [4.69, 9.17) is 5.90 Å². The van der Waals surface area contributed by atoms with Gasteiger partial charge in [-0.2, -0.15) is 0 Å². The maximum Gasteiger partial charge on any atom is 0.211 e. The van der Waals surface area contributed by atoms with Gasteiger partial charge in [-0.15, -0.1) is 0 Å². The van der Waals surface area contributed by atoms with Gasteiger partial charge in [-0.05, 0) is 0 Å². The van der Waals surface area contributed by atoms with Crippen LogP contribution in [0.1, 0.15) is 0 Å². The monoisotopic (exact) mass is 63.0 g/mol. The molecule has 0 aliphatic carbocycles. The summed E-state index contributed by atoms with van der Waals surface area (Å²) in [5, 5.41) is 0. The average molecular weight is 63.0 g/mol. The molecule has 4 heavy (non-hydrogen) atoms. The van der Waals surface area contributed by atoms with Crippen LogP contribution in [0.4, 0.5) is 4.39 Å². The second-order valence-corrected chi connectivity index (χ2v) is 0.238. The summed E-state index contributed by atoms with van der Waals surface area (Å²) in [7, 11) is 0. The van der Waals surface area contributed by atoms with Gasteiger partial charge in [0.1, 0.15) is 0 Å². The molecule has 0 saturated heterocycles. The van der Waals surface area contributed by atoms with Crippen molar-refractivity contribution in [1.82, 2.24) is 5.90 Å². The van der Waals surface area contributed by atoms with Gasteiger partial charge < -0.3 is 0 Å². The molecule has 0 unspecified atom stereocenters. The van der Waals surface area contributed by atoms with Gasteiger partial charge in [0.15, 0.2) is 0 Å². The molecule has 0 spiro atoms. The lowest BCUT2D eigenvalue weighted by atomic mass is 11.6. The van der Waals surface area contributed by atoms with Crippen molar-refractivity contribution < 1.29 is 9.23 Å². The van der Waals surface area contributed by atoms with Gasteiger partial charge in [-0.3, -0.25) is 0 Å². The summed E-state index contributed by atoms with van der Waals surface area (Å²) in [5.41, 5.74) is 0. The van der Waals surface area contributed by atoms with Gasteiger partial charge >= 0.3 is 0 Å². The molecule has 0 amide bonds. The zero-order chi connectivity index (χ0) is 3.41. The van der Waals surface area contributed by atoms with Crippen LogP contribution in [0.25, 0.3) is 0 Å². The normalized spacial score (nSPS) is 7.50. The zero-order valence-corrected chi connectivity index (χ0v) is 1.94. The third-order valence-corrected chi connectivity index (χ3v) is 0.0488. The van der Waals surface area contributed by atoms with Crippen molar-refractivity contribution in [3.63, 3.8) is 0 Å². The first-order chi connectivity index (χ1) is 1.91. The van der Waals surface area contributed by atoms with E-state index < -0.39 is 6.86 Å². The molecule has 3 heteroatoms. The molecule has 0 aromatic heterocycles. The van der Waals surface area contributed by atoms with E-state index >= 15 is 0 Å². The van der Waals surface area contributed by atoms with E-state index in [2.05, 4.69) is 4.84 Å². The SMILES string of the molecule is [N]OCF. The minimum Gasteiger partial charge on any atom is -0.229 e. The Morgan fingerprint density at radius 3 is 2.25 bits per heavy atom. The molecule has 0 fully saturated rings. The van der Waals surface area contributed by atoms with Crippen molar-refractivity contribution in [2.24, 2.45) is 0 Å². The van der Waals surface area contributed by atoms with E-state index in [9.17, 15) is 4.39 Å². The predicted octanol–water partition coefficient (Wildman–Crippen LogP) is -0.0863. The smallest absolute Gasteiger partial charge is 0.211 e. The Kier molecular flexibility index (Phi) is 2.74. The first kappa shape index (κ1) is 3.85. The molecule has 2 nitrogen and oxygen atoms in total. The number of hydrogen-bond donors (Lipinski definition) is 0. The number of halogens is 1. The van der Waals surface area contributed by atoms with Gasteiger partial charge in [-0.1, -0.05) is 0 Å². The first-order valence-corrected chi connectivity index (χ1v) is 0.739. The van der Waals surface area contributed by atoms with Gasteiger partial charge in [0.25, 0.3) is 0 Å². The Bertz CT molecular complexity index is 10.0. The van der Waals surface area contributed by atoms with Crippen LogP contribution in [-0.4, -0.2) is 6.86 Å². The van der Waals surface area contributed by atoms with E-state index in [0.717, 1.165) is 0 Å². The molecule has 0 aromatic carbocycles. The second-order valence-electron chi connectivity index (χ2n) is 0.238. The van der Waals surface area contributed by atoms with Crippen molar-refractivity contribution >= 4 is 0 Å². The summed E-state index contributed by atoms with van der Waals surface area (Å²) >= 11 is 0. The van der Waals surface area contributed by atoms with Crippen LogP contribution in [0, 0.1) is 0 Å². The quantitative estimate of drug-likeness (QED) is 0.391. The largest absolute Gasteiger partial charge is 0.229 e. The minimum atomic E-state index is -1.12. The van der Waals surface area contributed by atoms with Gasteiger partial charge in [0.05, 0.1) is 0 Å². The summed E-state index contributed by atoms with van der Waals surface area (Å²) in [5.74, 6) is 7.00. The van der Waals surface area contributed by atoms with E-state index in [-0.39, 0.29) is 0 Å². The third-order valence-electron chi connectivity index (χ3n) is 0.0488. The van der Waals surface area contributed by atoms with Crippen LogP contribution in [0.15, 0.2) is 0 Å². The molecular weight excluding hydrogens is 61.0 g/mol. The molecular formula is CH2FNO. The number of nitrogens with zero attached hydrogens (tertiary/aromatic N) is 1. The van der Waals surface area contributed by atoms with Crippen LogP contribution in [0.3, 0.4) is 0 Å². The van der Waals surface area contributed by atoms with E-state index in [1.54, 1.807) is 0 Å². The van der Waals surface area contributed by atoms with Crippen molar-refractivity contribution in [3.8, 4) is 0 Å². The number of hydrogen-bond acceptors (Lipinski definition) is 1. The highest BCUT2D eigenvalue weighted by Gasteiger charge is 1.60. The Hall–Kier alpha value is -0.150. The fourth-order valence-electron chi connectivity index (χ4n) is 0. The highest BCUT2D eigenvalue weighted by Crippen LogP contribution is 1.56. The summed E-state index contributed by atoms with van der Waals surface area (Å²) in [6, 6.07) is 0. The molecule has 0 heterocycles. The molecule has 0 aliphatic rings. The van der Waals surface area contributed by atoms with Gasteiger partial charge in [-0.25, -0.2) is 9.23 Å². The maximum atomic E-state index is 10.2. The molecule has 0 aromatic rings. The number of alkyl halides is 1. The lowest BCUT2D eigenvalue weighted by Crippen LogP contribution is -1.76. The Balaban J connectivity index is 1.97.